The molecule has 2 aromatic rings. The summed E-state index contributed by atoms with van der Waals surface area (Å²) in [5.74, 6) is 2.18. The van der Waals surface area contributed by atoms with E-state index in [1.807, 2.05) is 12.3 Å². The Bertz CT molecular complexity index is 672. The molecule has 0 N–H and O–H groups in total. The van der Waals surface area contributed by atoms with E-state index >= 15 is 0 Å². The summed E-state index contributed by atoms with van der Waals surface area (Å²) < 4.78 is 2.42. The smallest absolute Gasteiger partial charge is 0.147 e. The quantitative estimate of drug-likeness (QED) is 0.839. The van der Waals surface area contributed by atoms with Gasteiger partial charge >= 0.3 is 0 Å². The van der Waals surface area contributed by atoms with Crippen molar-refractivity contribution in [3.8, 4) is 0 Å². The lowest BCUT2D eigenvalue weighted by atomic mass is 9.84. The van der Waals surface area contributed by atoms with E-state index in [0.717, 1.165) is 62.9 Å². The van der Waals surface area contributed by atoms with Crippen LogP contribution in [-0.2, 0) is 18.6 Å². The number of aromatic nitrogens is 4. The first kappa shape index (κ1) is 14.8. The first-order chi connectivity index (χ1) is 11.2. The van der Waals surface area contributed by atoms with Gasteiger partial charge in [-0.2, -0.15) is 0 Å². The van der Waals surface area contributed by atoms with Gasteiger partial charge in [-0.15, -0.1) is 10.2 Å². The summed E-state index contributed by atoms with van der Waals surface area (Å²) in [4.78, 5) is 9.36. The molecule has 0 unspecified atom stereocenters. The molecule has 0 bridgehead atoms. The highest BCUT2D eigenvalue weighted by molar-refractivity contribution is 5.10. The molecule has 0 atom stereocenters. The Hall–Kier alpha value is -1.79. The minimum Gasteiger partial charge on any atom is -0.306 e. The third-order valence-corrected chi connectivity index (χ3v) is 5.24. The average Bonchev–Trinajstić information content (AvgIpc) is 2.92. The number of hydrogen-bond donors (Lipinski definition) is 0. The van der Waals surface area contributed by atoms with Crippen LogP contribution in [0.15, 0.2) is 24.4 Å². The number of aryl methyl sites for hydroxylation is 1. The zero-order valence-electron chi connectivity index (χ0n) is 13.9. The van der Waals surface area contributed by atoms with E-state index in [4.69, 9.17) is 0 Å². The largest absolute Gasteiger partial charge is 0.306 e. The summed E-state index contributed by atoms with van der Waals surface area (Å²) in [6.07, 6.45) is 4.18. The molecule has 1 saturated heterocycles. The molecule has 0 aliphatic carbocycles. The number of hydrogen-bond acceptors (Lipinski definition) is 5. The summed E-state index contributed by atoms with van der Waals surface area (Å²) in [6, 6.07) is 6.15. The molecule has 2 aliphatic rings. The third-order valence-electron chi connectivity index (χ3n) is 5.24. The van der Waals surface area contributed by atoms with Gasteiger partial charge in [0.1, 0.15) is 11.6 Å². The lowest BCUT2D eigenvalue weighted by Gasteiger charge is -2.48. The van der Waals surface area contributed by atoms with Crippen LogP contribution < -0.4 is 0 Å². The van der Waals surface area contributed by atoms with Crippen LogP contribution in [0, 0.1) is 6.92 Å². The number of likely N-dealkylation sites (tertiary alicyclic amines) is 1. The number of fused-ring (bicyclic) bond motifs is 2. The fourth-order valence-corrected chi connectivity index (χ4v) is 4.23. The zero-order valence-corrected chi connectivity index (χ0v) is 13.9. The van der Waals surface area contributed by atoms with E-state index in [-0.39, 0.29) is 5.54 Å². The molecule has 4 heterocycles. The van der Waals surface area contributed by atoms with Gasteiger partial charge in [-0.25, -0.2) is 0 Å². The molecule has 0 radical (unpaired) electrons. The van der Waals surface area contributed by atoms with Gasteiger partial charge in [-0.1, -0.05) is 6.07 Å². The number of piperidine rings is 1. The SMILES string of the molecule is Cc1nnc2n1C1(CCN(Cc3ccccn3)CC1)CN(C)C2. The molecule has 1 spiro atoms. The molecule has 6 nitrogen and oxygen atoms in total. The van der Waals surface area contributed by atoms with E-state index < -0.39 is 0 Å². The normalized spacial score (nSPS) is 21.5. The Labute approximate surface area is 137 Å². The topological polar surface area (TPSA) is 50.1 Å². The van der Waals surface area contributed by atoms with Crippen molar-refractivity contribution in [2.45, 2.75) is 38.4 Å². The van der Waals surface area contributed by atoms with E-state index in [9.17, 15) is 0 Å². The Morgan fingerprint density at radius 2 is 2.00 bits per heavy atom. The maximum atomic E-state index is 4.46. The van der Waals surface area contributed by atoms with Crippen LogP contribution in [0.1, 0.15) is 30.2 Å². The summed E-state index contributed by atoms with van der Waals surface area (Å²) in [5.41, 5.74) is 1.32. The molecule has 2 aromatic heterocycles. The van der Waals surface area contributed by atoms with E-state index in [0.29, 0.717) is 0 Å². The van der Waals surface area contributed by atoms with Gasteiger partial charge in [0.2, 0.25) is 0 Å². The van der Waals surface area contributed by atoms with Crippen molar-refractivity contribution in [3.63, 3.8) is 0 Å². The van der Waals surface area contributed by atoms with Crippen molar-refractivity contribution in [2.75, 3.05) is 26.7 Å². The van der Waals surface area contributed by atoms with Crippen molar-refractivity contribution >= 4 is 0 Å². The first-order valence-electron chi connectivity index (χ1n) is 8.38. The molecule has 23 heavy (non-hydrogen) atoms. The highest BCUT2D eigenvalue weighted by Crippen LogP contribution is 2.36. The number of pyridine rings is 1. The Kier molecular flexibility index (Phi) is 3.66. The van der Waals surface area contributed by atoms with Crippen molar-refractivity contribution in [1.82, 2.24) is 29.5 Å². The van der Waals surface area contributed by atoms with Crippen molar-refractivity contribution in [1.29, 1.82) is 0 Å². The van der Waals surface area contributed by atoms with Crippen LogP contribution in [0.3, 0.4) is 0 Å². The molecule has 6 heteroatoms. The van der Waals surface area contributed by atoms with Crippen LogP contribution in [0.25, 0.3) is 0 Å². The minimum atomic E-state index is 0.163. The van der Waals surface area contributed by atoms with Crippen LogP contribution in [0.5, 0.6) is 0 Å². The van der Waals surface area contributed by atoms with Crippen LogP contribution >= 0.6 is 0 Å². The van der Waals surface area contributed by atoms with Crippen molar-refractivity contribution < 1.29 is 0 Å². The van der Waals surface area contributed by atoms with Gasteiger partial charge in [0.15, 0.2) is 0 Å². The number of rotatable bonds is 2. The lowest BCUT2D eigenvalue weighted by molar-refractivity contribution is 0.0458. The van der Waals surface area contributed by atoms with Crippen LogP contribution in [0.2, 0.25) is 0 Å². The second-order valence-corrected chi connectivity index (χ2v) is 6.99. The molecule has 0 aromatic carbocycles. The molecular formula is C17H24N6. The van der Waals surface area contributed by atoms with Gasteiger partial charge in [-0.05, 0) is 38.9 Å². The van der Waals surface area contributed by atoms with Gasteiger partial charge in [-0.3, -0.25) is 14.8 Å². The van der Waals surface area contributed by atoms with Gasteiger partial charge in [0.05, 0.1) is 17.8 Å². The van der Waals surface area contributed by atoms with Crippen molar-refractivity contribution in [2.24, 2.45) is 0 Å². The summed E-state index contributed by atoms with van der Waals surface area (Å²) >= 11 is 0. The highest BCUT2D eigenvalue weighted by Gasteiger charge is 2.42. The molecule has 1 fully saturated rings. The molecule has 0 saturated carbocycles. The Balaban J connectivity index is 1.51. The summed E-state index contributed by atoms with van der Waals surface area (Å²) in [5, 5.41) is 8.72. The van der Waals surface area contributed by atoms with Gasteiger partial charge in [0.25, 0.3) is 0 Å². The Morgan fingerprint density at radius 1 is 1.17 bits per heavy atom. The second kappa shape index (κ2) is 5.69. The number of likely N-dealkylation sites (N-methyl/N-ethyl adjacent to an activating group) is 1. The summed E-state index contributed by atoms with van der Waals surface area (Å²) in [6.45, 7) is 7.23. The fourth-order valence-electron chi connectivity index (χ4n) is 4.23. The second-order valence-electron chi connectivity index (χ2n) is 6.99. The minimum absolute atomic E-state index is 0.163. The van der Waals surface area contributed by atoms with E-state index in [2.05, 4.69) is 55.7 Å². The molecule has 2 aliphatic heterocycles. The highest BCUT2D eigenvalue weighted by atomic mass is 15.4. The van der Waals surface area contributed by atoms with E-state index in [1.54, 1.807) is 0 Å². The monoisotopic (exact) mass is 312 g/mol. The molecular weight excluding hydrogens is 288 g/mol. The predicted octanol–water partition coefficient (Wildman–Crippen LogP) is 1.42. The zero-order chi connectivity index (χ0) is 15.9. The van der Waals surface area contributed by atoms with Crippen molar-refractivity contribution in [3.05, 3.63) is 41.7 Å². The predicted molar refractivity (Wildman–Crippen MR) is 87.8 cm³/mol. The molecule has 0 amide bonds. The van der Waals surface area contributed by atoms with E-state index in [1.165, 1.54) is 0 Å². The first-order valence-corrected chi connectivity index (χ1v) is 8.38. The van der Waals surface area contributed by atoms with Gasteiger partial charge < -0.3 is 4.57 Å². The molecule has 122 valence electrons. The standard InChI is InChI=1S/C17H24N6/c1-14-19-20-16-12-21(2)13-17(23(14)16)6-9-22(10-7-17)11-15-5-3-4-8-18-15/h3-5,8H,6-7,9-13H2,1-2H3. The maximum Gasteiger partial charge on any atom is 0.147 e. The fraction of sp³-hybridized carbons (Fsp3) is 0.588. The maximum absolute atomic E-state index is 4.46. The summed E-state index contributed by atoms with van der Waals surface area (Å²) in [7, 11) is 2.19. The van der Waals surface area contributed by atoms with Crippen LogP contribution in [-0.4, -0.2) is 56.2 Å². The van der Waals surface area contributed by atoms with Gasteiger partial charge in [0, 0.05) is 32.4 Å². The lowest BCUT2D eigenvalue weighted by Crippen LogP contribution is -2.55. The third kappa shape index (κ3) is 2.66. The average molecular weight is 312 g/mol. The molecule has 4 rings (SSSR count). The Morgan fingerprint density at radius 3 is 2.74 bits per heavy atom. The van der Waals surface area contributed by atoms with Crippen LogP contribution in [0.4, 0.5) is 0 Å². The number of nitrogens with zero attached hydrogens (tertiary/aromatic N) is 6.